The fraction of sp³-hybridized carbons (Fsp3) is 0.611. The van der Waals surface area contributed by atoms with Crippen molar-refractivity contribution < 1.29 is 19.4 Å². The topological polar surface area (TPSA) is 59.0 Å². The number of nitrogens with zero attached hydrogens (tertiary/aromatic N) is 1. The van der Waals surface area contributed by atoms with E-state index < -0.39 is 5.60 Å². The number of hydrogen-bond donors (Lipinski definition) is 1. The van der Waals surface area contributed by atoms with Gasteiger partial charge in [-0.1, -0.05) is 18.9 Å². The van der Waals surface area contributed by atoms with E-state index in [2.05, 4.69) is 0 Å². The molecule has 1 N–H and O–H groups in total. The molecule has 1 amide bonds. The molecule has 23 heavy (non-hydrogen) atoms. The minimum Gasteiger partial charge on any atom is -0.454 e. The van der Waals surface area contributed by atoms with Gasteiger partial charge in [-0.3, -0.25) is 4.79 Å². The molecule has 0 unspecified atom stereocenters. The van der Waals surface area contributed by atoms with Crippen LogP contribution in [0.25, 0.3) is 0 Å². The summed E-state index contributed by atoms with van der Waals surface area (Å²) in [4.78, 5) is 14.1. The number of amides is 1. The molecule has 1 aromatic carbocycles. The summed E-state index contributed by atoms with van der Waals surface area (Å²) in [6, 6.07) is 5.81. The van der Waals surface area contributed by atoms with Gasteiger partial charge in [0.15, 0.2) is 11.5 Å². The number of piperidine rings is 1. The minimum absolute atomic E-state index is 0.0697. The van der Waals surface area contributed by atoms with E-state index in [1.165, 1.54) is 0 Å². The zero-order chi connectivity index (χ0) is 16.0. The fourth-order valence-corrected chi connectivity index (χ4v) is 4.54. The van der Waals surface area contributed by atoms with E-state index in [1.807, 2.05) is 23.1 Å². The van der Waals surface area contributed by atoms with Crippen LogP contribution in [0, 0.1) is 5.92 Å². The van der Waals surface area contributed by atoms with Crippen LogP contribution in [0.1, 0.15) is 50.6 Å². The van der Waals surface area contributed by atoms with Gasteiger partial charge < -0.3 is 19.5 Å². The van der Waals surface area contributed by atoms with E-state index in [0.717, 1.165) is 42.7 Å². The monoisotopic (exact) mass is 317 g/mol. The van der Waals surface area contributed by atoms with Gasteiger partial charge in [0.25, 0.3) is 0 Å². The van der Waals surface area contributed by atoms with Crippen molar-refractivity contribution in [1.82, 2.24) is 4.90 Å². The highest BCUT2D eigenvalue weighted by atomic mass is 16.7. The molecule has 5 nitrogen and oxygen atoms in total. The van der Waals surface area contributed by atoms with Crippen LogP contribution in [0.2, 0.25) is 0 Å². The Labute approximate surface area is 136 Å². The van der Waals surface area contributed by atoms with Crippen molar-refractivity contribution >= 4 is 5.91 Å². The van der Waals surface area contributed by atoms with Crippen LogP contribution in [0.3, 0.4) is 0 Å². The maximum Gasteiger partial charge on any atom is 0.231 e. The van der Waals surface area contributed by atoms with Gasteiger partial charge in [-0.2, -0.15) is 0 Å². The number of likely N-dealkylation sites (tertiary alicyclic amines) is 1. The van der Waals surface area contributed by atoms with E-state index >= 15 is 0 Å². The van der Waals surface area contributed by atoms with Crippen molar-refractivity contribution in [3.63, 3.8) is 0 Å². The summed E-state index contributed by atoms with van der Waals surface area (Å²) in [5.41, 5.74) is 0.389. The van der Waals surface area contributed by atoms with Crippen molar-refractivity contribution in [3.05, 3.63) is 23.8 Å². The van der Waals surface area contributed by atoms with Crippen LogP contribution in [0.5, 0.6) is 11.5 Å². The molecule has 1 saturated heterocycles. The van der Waals surface area contributed by atoms with Gasteiger partial charge in [-0.05, 0) is 37.0 Å². The average molecular weight is 317 g/mol. The first kappa shape index (κ1) is 14.8. The molecule has 0 bridgehead atoms. The first-order valence-corrected chi connectivity index (χ1v) is 8.48. The van der Waals surface area contributed by atoms with Crippen molar-refractivity contribution in [3.8, 4) is 11.5 Å². The smallest absolute Gasteiger partial charge is 0.231 e. The normalized spacial score (nSPS) is 32.5. The molecule has 2 heterocycles. The predicted octanol–water partition coefficient (Wildman–Crippen LogP) is 2.63. The van der Waals surface area contributed by atoms with Crippen molar-refractivity contribution in [2.24, 2.45) is 5.92 Å². The maximum absolute atomic E-state index is 12.2. The van der Waals surface area contributed by atoms with E-state index in [-0.39, 0.29) is 24.7 Å². The van der Waals surface area contributed by atoms with Gasteiger partial charge >= 0.3 is 0 Å². The Morgan fingerprint density at radius 3 is 2.91 bits per heavy atom. The zero-order valence-corrected chi connectivity index (χ0v) is 13.5. The highest BCUT2D eigenvalue weighted by Gasteiger charge is 2.49. The van der Waals surface area contributed by atoms with Crippen LogP contribution >= 0.6 is 0 Å². The lowest BCUT2D eigenvalue weighted by molar-refractivity contribution is -0.153. The van der Waals surface area contributed by atoms with Crippen molar-refractivity contribution in [2.75, 3.05) is 13.3 Å². The van der Waals surface area contributed by atoms with E-state index in [1.54, 1.807) is 6.92 Å². The SMILES string of the molecule is CC(=O)N1CC[C@@]2(O)CCCC[C@H]2[C@@H]1c1ccc2c(c1)OCO2. The highest BCUT2D eigenvalue weighted by Crippen LogP contribution is 2.50. The van der Waals surface area contributed by atoms with E-state index in [9.17, 15) is 9.90 Å². The van der Waals surface area contributed by atoms with Crippen LogP contribution in [0.4, 0.5) is 0 Å². The Hall–Kier alpha value is -1.75. The number of hydrogen-bond acceptors (Lipinski definition) is 4. The molecule has 1 aromatic rings. The molecule has 0 radical (unpaired) electrons. The summed E-state index contributed by atoms with van der Waals surface area (Å²) in [5, 5.41) is 11.1. The summed E-state index contributed by atoms with van der Waals surface area (Å²) in [6.45, 7) is 2.47. The first-order chi connectivity index (χ1) is 11.1. The quantitative estimate of drug-likeness (QED) is 0.865. The molecule has 4 rings (SSSR count). The van der Waals surface area contributed by atoms with Crippen LogP contribution < -0.4 is 9.47 Å². The lowest BCUT2D eigenvalue weighted by Gasteiger charge is -2.52. The second-order valence-corrected chi connectivity index (χ2v) is 6.98. The molecule has 0 spiro atoms. The largest absolute Gasteiger partial charge is 0.454 e. The van der Waals surface area contributed by atoms with Gasteiger partial charge in [-0.15, -0.1) is 0 Å². The second-order valence-electron chi connectivity index (χ2n) is 6.98. The second kappa shape index (κ2) is 5.41. The third-order valence-electron chi connectivity index (χ3n) is 5.71. The van der Waals surface area contributed by atoms with Gasteiger partial charge in [-0.25, -0.2) is 0 Å². The van der Waals surface area contributed by atoms with Crippen LogP contribution in [0.15, 0.2) is 18.2 Å². The number of aliphatic hydroxyl groups is 1. The van der Waals surface area contributed by atoms with E-state index in [0.29, 0.717) is 13.0 Å². The molecule has 3 aliphatic rings. The standard InChI is InChI=1S/C18H23NO4/c1-12(20)19-9-8-18(21)7-3-2-4-14(18)17(19)13-5-6-15-16(10-13)23-11-22-15/h5-6,10,14,17,21H,2-4,7-9,11H2,1H3/t14-,17-,18-/m0/s1. The molecular formula is C18H23NO4. The van der Waals surface area contributed by atoms with Crippen molar-refractivity contribution in [1.29, 1.82) is 0 Å². The molecule has 1 aliphatic carbocycles. The molecule has 1 saturated carbocycles. The number of ether oxygens (including phenoxy) is 2. The lowest BCUT2D eigenvalue weighted by Crippen LogP contribution is -2.55. The van der Waals surface area contributed by atoms with Gasteiger partial charge in [0.2, 0.25) is 12.7 Å². The van der Waals surface area contributed by atoms with Gasteiger partial charge in [0.1, 0.15) is 0 Å². The van der Waals surface area contributed by atoms with Crippen LogP contribution in [-0.4, -0.2) is 34.9 Å². The highest BCUT2D eigenvalue weighted by molar-refractivity contribution is 5.74. The Morgan fingerprint density at radius 1 is 1.26 bits per heavy atom. The zero-order valence-electron chi connectivity index (χ0n) is 13.5. The summed E-state index contributed by atoms with van der Waals surface area (Å²) in [6.07, 6.45) is 4.66. The summed E-state index contributed by atoms with van der Waals surface area (Å²) in [7, 11) is 0. The maximum atomic E-state index is 12.2. The summed E-state index contributed by atoms with van der Waals surface area (Å²) >= 11 is 0. The molecule has 2 fully saturated rings. The molecule has 0 aromatic heterocycles. The third kappa shape index (κ3) is 2.38. The lowest BCUT2D eigenvalue weighted by atomic mass is 9.66. The van der Waals surface area contributed by atoms with Crippen LogP contribution in [-0.2, 0) is 4.79 Å². The molecule has 3 atom stereocenters. The third-order valence-corrected chi connectivity index (χ3v) is 5.71. The molecule has 124 valence electrons. The molecule has 2 aliphatic heterocycles. The summed E-state index contributed by atoms with van der Waals surface area (Å²) in [5.74, 6) is 1.64. The Balaban J connectivity index is 1.75. The number of rotatable bonds is 1. The van der Waals surface area contributed by atoms with Crippen molar-refractivity contribution in [2.45, 2.75) is 50.7 Å². The number of carbonyl (C=O) groups is 1. The number of fused-ring (bicyclic) bond motifs is 2. The minimum atomic E-state index is -0.648. The first-order valence-electron chi connectivity index (χ1n) is 8.48. The molecule has 5 heteroatoms. The summed E-state index contributed by atoms with van der Waals surface area (Å²) < 4.78 is 10.9. The Bertz CT molecular complexity index is 631. The Kier molecular flexibility index (Phi) is 3.48. The van der Waals surface area contributed by atoms with Gasteiger partial charge in [0, 0.05) is 19.4 Å². The predicted molar refractivity (Wildman–Crippen MR) is 84.2 cm³/mol. The Morgan fingerprint density at radius 2 is 2.09 bits per heavy atom. The number of benzene rings is 1. The molecular weight excluding hydrogens is 294 g/mol. The average Bonchev–Trinajstić information content (AvgIpc) is 3.00. The fourth-order valence-electron chi connectivity index (χ4n) is 4.54. The number of carbonyl (C=O) groups excluding carboxylic acids is 1. The van der Waals surface area contributed by atoms with E-state index in [4.69, 9.17) is 9.47 Å². The van der Waals surface area contributed by atoms with Gasteiger partial charge in [0.05, 0.1) is 11.6 Å².